The molecule has 112 valence electrons. The summed E-state index contributed by atoms with van der Waals surface area (Å²) < 4.78 is 0.746. The van der Waals surface area contributed by atoms with E-state index in [9.17, 15) is 15.2 Å². The minimum Gasteiger partial charge on any atom is -0.481 e. The zero-order valence-electron chi connectivity index (χ0n) is 11.4. The van der Waals surface area contributed by atoms with E-state index in [1.54, 1.807) is 42.7 Å². The maximum Gasteiger partial charge on any atom is 0.304 e. The Morgan fingerprint density at radius 2 is 2.00 bits per heavy atom. The van der Waals surface area contributed by atoms with Crippen LogP contribution in [0.3, 0.4) is 0 Å². The Morgan fingerprint density at radius 3 is 2.55 bits per heavy atom. The Morgan fingerprint density at radius 1 is 1.32 bits per heavy atom. The Kier molecular flexibility index (Phi) is 5.53. The maximum atomic E-state index is 11.2. The van der Waals surface area contributed by atoms with Crippen LogP contribution in [-0.4, -0.2) is 16.1 Å². The predicted octanol–water partition coefficient (Wildman–Crippen LogP) is 4.36. The van der Waals surface area contributed by atoms with Gasteiger partial charge in [0.2, 0.25) is 0 Å². The van der Waals surface area contributed by atoms with Gasteiger partial charge in [-0.25, -0.2) is 0 Å². The van der Waals surface area contributed by atoms with Crippen molar-refractivity contribution in [3.63, 3.8) is 0 Å². The van der Waals surface area contributed by atoms with Gasteiger partial charge in [0.1, 0.15) is 0 Å². The van der Waals surface area contributed by atoms with E-state index in [2.05, 4.69) is 27.0 Å². The van der Waals surface area contributed by atoms with Crippen LogP contribution < -0.4 is 0 Å². The van der Waals surface area contributed by atoms with Crippen LogP contribution in [0.2, 0.25) is 5.02 Å². The van der Waals surface area contributed by atoms with Gasteiger partial charge in [-0.1, -0.05) is 23.7 Å². The molecule has 0 fully saturated rings. The van der Waals surface area contributed by atoms with Gasteiger partial charge in [-0.05, 0) is 45.3 Å². The van der Waals surface area contributed by atoms with E-state index in [1.165, 1.54) is 0 Å². The van der Waals surface area contributed by atoms with Crippen LogP contribution in [0.5, 0.6) is 0 Å². The predicted molar refractivity (Wildman–Crippen MR) is 86.7 cm³/mol. The highest BCUT2D eigenvalue weighted by Gasteiger charge is 2.27. The first-order valence-corrected chi connectivity index (χ1v) is 7.65. The van der Waals surface area contributed by atoms with Crippen LogP contribution in [0.4, 0.5) is 0 Å². The summed E-state index contributed by atoms with van der Waals surface area (Å²) in [7, 11) is 0. The van der Waals surface area contributed by atoms with Crippen molar-refractivity contribution >= 4 is 33.5 Å². The molecule has 1 heterocycles. The number of carboxylic acids is 1. The van der Waals surface area contributed by atoms with E-state index in [1.807, 2.05) is 0 Å². The molecule has 2 atom stereocenters. The summed E-state index contributed by atoms with van der Waals surface area (Å²) in [4.78, 5) is 15.3. The van der Waals surface area contributed by atoms with Crippen molar-refractivity contribution in [1.29, 1.82) is 5.26 Å². The number of nitrogens with zero attached hydrogens (tertiary/aromatic N) is 2. The van der Waals surface area contributed by atoms with Gasteiger partial charge in [-0.2, -0.15) is 5.26 Å². The fraction of sp³-hybridized carbons (Fsp3) is 0.188. The first-order chi connectivity index (χ1) is 10.5. The molecule has 0 saturated carbocycles. The summed E-state index contributed by atoms with van der Waals surface area (Å²) in [6, 6.07) is 10.9. The van der Waals surface area contributed by atoms with Crippen molar-refractivity contribution in [3.05, 3.63) is 63.3 Å². The number of carbonyl (C=O) groups is 1. The molecule has 0 saturated heterocycles. The Labute approximate surface area is 141 Å². The van der Waals surface area contributed by atoms with Crippen molar-refractivity contribution in [3.8, 4) is 6.07 Å². The lowest BCUT2D eigenvalue weighted by atomic mass is 9.81. The minimum atomic E-state index is -0.955. The van der Waals surface area contributed by atoms with Gasteiger partial charge in [0.05, 0.1) is 18.4 Å². The first-order valence-electron chi connectivity index (χ1n) is 6.48. The van der Waals surface area contributed by atoms with Gasteiger partial charge in [0, 0.05) is 27.8 Å². The summed E-state index contributed by atoms with van der Waals surface area (Å²) in [6.07, 6.45) is 3.06. The van der Waals surface area contributed by atoms with Crippen LogP contribution in [0, 0.1) is 11.3 Å². The van der Waals surface area contributed by atoms with Gasteiger partial charge < -0.3 is 5.11 Å². The third-order valence-electron chi connectivity index (χ3n) is 3.32. The summed E-state index contributed by atoms with van der Waals surface area (Å²) in [5.41, 5.74) is 1.44. The van der Waals surface area contributed by atoms with E-state index >= 15 is 0 Å². The molecule has 1 aromatic carbocycles. The molecule has 4 nitrogen and oxygen atoms in total. The van der Waals surface area contributed by atoms with Gasteiger partial charge >= 0.3 is 5.97 Å². The molecule has 0 aliphatic carbocycles. The summed E-state index contributed by atoms with van der Waals surface area (Å²) in [5, 5.41) is 19.3. The highest BCUT2D eigenvalue weighted by molar-refractivity contribution is 9.10. The molecule has 1 N–H and O–H groups in total. The molecule has 1 aromatic heterocycles. The SMILES string of the molecule is N#C[C@H](c1cncc(Br)c1)[C@H](CC(=O)O)c1ccc(Cl)cc1. The number of carboxylic acid groups (broad SMARTS) is 1. The lowest BCUT2D eigenvalue weighted by Crippen LogP contribution is -2.14. The zero-order chi connectivity index (χ0) is 16.1. The number of aromatic nitrogens is 1. The average molecular weight is 380 g/mol. The van der Waals surface area contributed by atoms with Crippen LogP contribution in [-0.2, 0) is 4.79 Å². The molecule has 0 aliphatic heterocycles. The van der Waals surface area contributed by atoms with Crippen LogP contribution in [0.1, 0.15) is 29.4 Å². The Balaban J connectivity index is 2.44. The second kappa shape index (κ2) is 7.39. The van der Waals surface area contributed by atoms with Gasteiger partial charge in [-0.15, -0.1) is 0 Å². The highest BCUT2D eigenvalue weighted by Crippen LogP contribution is 2.36. The van der Waals surface area contributed by atoms with Crippen molar-refractivity contribution in [1.82, 2.24) is 4.98 Å². The van der Waals surface area contributed by atoms with Crippen molar-refractivity contribution in [2.24, 2.45) is 0 Å². The third kappa shape index (κ3) is 4.06. The molecule has 0 radical (unpaired) electrons. The smallest absolute Gasteiger partial charge is 0.304 e. The molecule has 6 heteroatoms. The van der Waals surface area contributed by atoms with Crippen LogP contribution in [0.25, 0.3) is 0 Å². The standard InChI is InChI=1S/C16H12BrClN2O2/c17-12-5-11(8-20-9-12)15(7-19)14(6-16(21)22)10-1-3-13(18)4-2-10/h1-5,8-9,14-15H,6H2,(H,21,22)/t14-,15-/m1/s1. The second-order valence-electron chi connectivity index (χ2n) is 4.80. The van der Waals surface area contributed by atoms with Crippen molar-refractivity contribution in [2.45, 2.75) is 18.3 Å². The summed E-state index contributed by atoms with van der Waals surface area (Å²) >= 11 is 9.20. The van der Waals surface area contributed by atoms with E-state index in [0.29, 0.717) is 10.6 Å². The number of hydrogen-bond acceptors (Lipinski definition) is 3. The van der Waals surface area contributed by atoms with E-state index < -0.39 is 17.8 Å². The Hall–Kier alpha value is -1.90. The normalized spacial score (nSPS) is 13.1. The first kappa shape index (κ1) is 16.5. The fourth-order valence-corrected chi connectivity index (χ4v) is 2.83. The lowest BCUT2D eigenvalue weighted by Gasteiger charge is -2.21. The average Bonchev–Trinajstić information content (AvgIpc) is 2.47. The number of pyridine rings is 1. The molecule has 0 amide bonds. The molecular formula is C16H12BrClN2O2. The quantitative estimate of drug-likeness (QED) is 0.837. The van der Waals surface area contributed by atoms with Gasteiger partial charge in [-0.3, -0.25) is 9.78 Å². The molecule has 0 bridgehead atoms. The monoisotopic (exact) mass is 378 g/mol. The Bertz CT molecular complexity index is 713. The van der Waals surface area contributed by atoms with Crippen LogP contribution >= 0.6 is 27.5 Å². The van der Waals surface area contributed by atoms with Crippen molar-refractivity contribution in [2.75, 3.05) is 0 Å². The number of benzene rings is 1. The van der Waals surface area contributed by atoms with E-state index in [0.717, 1.165) is 10.0 Å². The topological polar surface area (TPSA) is 74.0 Å². The summed E-state index contributed by atoms with van der Waals surface area (Å²) in [6.45, 7) is 0. The van der Waals surface area contributed by atoms with Gasteiger partial charge in [0.25, 0.3) is 0 Å². The third-order valence-corrected chi connectivity index (χ3v) is 4.00. The largest absolute Gasteiger partial charge is 0.481 e. The molecule has 0 aliphatic rings. The number of hydrogen-bond donors (Lipinski definition) is 1. The number of rotatable bonds is 5. The van der Waals surface area contributed by atoms with E-state index in [4.69, 9.17) is 11.6 Å². The number of nitriles is 1. The van der Waals surface area contributed by atoms with Gasteiger partial charge in [0.15, 0.2) is 0 Å². The molecule has 0 unspecified atom stereocenters. The molecule has 22 heavy (non-hydrogen) atoms. The molecule has 0 spiro atoms. The molecule has 2 aromatic rings. The van der Waals surface area contributed by atoms with E-state index in [-0.39, 0.29) is 6.42 Å². The number of halogens is 2. The molecular weight excluding hydrogens is 368 g/mol. The highest BCUT2D eigenvalue weighted by atomic mass is 79.9. The zero-order valence-corrected chi connectivity index (χ0v) is 13.8. The molecule has 2 rings (SSSR count). The minimum absolute atomic E-state index is 0.146. The summed E-state index contributed by atoms with van der Waals surface area (Å²) in [5.74, 6) is -2.04. The maximum absolute atomic E-state index is 11.2. The lowest BCUT2D eigenvalue weighted by molar-refractivity contribution is -0.137. The second-order valence-corrected chi connectivity index (χ2v) is 6.15. The number of aliphatic carboxylic acids is 1. The fourth-order valence-electron chi connectivity index (χ4n) is 2.32. The van der Waals surface area contributed by atoms with Crippen LogP contribution in [0.15, 0.2) is 47.2 Å². The van der Waals surface area contributed by atoms with Crippen molar-refractivity contribution < 1.29 is 9.90 Å².